The Morgan fingerprint density at radius 3 is 2.68 bits per heavy atom. The highest BCUT2D eigenvalue weighted by Crippen LogP contribution is 2.30. The van der Waals surface area contributed by atoms with Gasteiger partial charge in [0.2, 0.25) is 5.91 Å². The summed E-state index contributed by atoms with van der Waals surface area (Å²) in [6.07, 6.45) is 0.442. The van der Waals surface area contributed by atoms with Crippen LogP contribution in [0.4, 0.5) is 5.13 Å². The van der Waals surface area contributed by atoms with Crippen molar-refractivity contribution in [3.05, 3.63) is 45.1 Å². The topological polar surface area (TPSA) is 36.4 Å². The minimum absolute atomic E-state index is 0.179. The van der Waals surface area contributed by atoms with Gasteiger partial charge in [0.05, 0.1) is 21.0 Å². The Balaban J connectivity index is 1.39. The van der Waals surface area contributed by atoms with Gasteiger partial charge in [0.1, 0.15) is 0 Å². The number of carbonyl (C=O) groups excluding carboxylic acids is 1. The molecule has 3 aromatic rings. The molecular weight excluding hydrogens is 374 g/mol. The summed E-state index contributed by atoms with van der Waals surface area (Å²) < 4.78 is 1.96. The first kappa shape index (κ1) is 16.8. The predicted molar refractivity (Wildman–Crippen MR) is 106 cm³/mol. The molecule has 0 unspecified atom stereocenters. The van der Waals surface area contributed by atoms with Crippen LogP contribution in [0, 0.1) is 6.92 Å². The number of fused-ring (bicyclic) bond motifs is 1. The van der Waals surface area contributed by atoms with Crippen LogP contribution < -0.4 is 4.90 Å². The van der Waals surface area contributed by atoms with Gasteiger partial charge in [-0.3, -0.25) is 4.79 Å². The summed E-state index contributed by atoms with van der Waals surface area (Å²) in [5.41, 5.74) is 2.31. The number of rotatable bonds is 3. The zero-order valence-electron chi connectivity index (χ0n) is 13.9. The Labute approximate surface area is 159 Å². The van der Waals surface area contributed by atoms with Crippen LogP contribution in [-0.2, 0) is 11.2 Å². The summed E-state index contributed by atoms with van der Waals surface area (Å²) >= 11 is 9.15. The van der Waals surface area contributed by atoms with E-state index in [1.165, 1.54) is 21.6 Å². The van der Waals surface area contributed by atoms with Crippen molar-refractivity contribution in [2.45, 2.75) is 13.3 Å². The summed E-state index contributed by atoms with van der Waals surface area (Å²) in [6.45, 7) is 5.25. The van der Waals surface area contributed by atoms with Crippen LogP contribution in [0.5, 0.6) is 0 Å². The lowest BCUT2D eigenvalue weighted by Crippen LogP contribution is -2.49. The number of benzene rings is 1. The number of anilines is 1. The van der Waals surface area contributed by atoms with Gasteiger partial charge in [-0.15, -0.1) is 11.3 Å². The average Bonchev–Trinajstić information content (AvgIpc) is 3.20. The molecule has 0 saturated carbocycles. The largest absolute Gasteiger partial charge is 0.345 e. The van der Waals surface area contributed by atoms with Gasteiger partial charge in [0, 0.05) is 31.1 Å². The molecule has 1 aromatic carbocycles. The fraction of sp³-hybridized carbons (Fsp3) is 0.333. The highest BCUT2D eigenvalue weighted by Gasteiger charge is 2.23. The minimum Gasteiger partial charge on any atom is -0.345 e. The van der Waals surface area contributed by atoms with Crippen LogP contribution in [0.2, 0.25) is 4.34 Å². The monoisotopic (exact) mass is 391 g/mol. The van der Waals surface area contributed by atoms with Crippen LogP contribution >= 0.6 is 34.3 Å². The summed E-state index contributed by atoms with van der Waals surface area (Å²) in [5.74, 6) is 0.179. The van der Waals surface area contributed by atoms with Crippen molar-refractivity contribution in [3.8, 4) is 0 Å². The first-order valence-electron chi connectivity index (χ1n) is 8.22. The van der Waals surface area contributed by atoms with E-state index in [0.717, 1.165) is 46.0 Å². The third-order valence-electron chi connectivity index (χ3n) is 4.39. The van der Waals surface area contributed by atoms with Crippen molar-refractivity contribution in [3.63, 3.8) is 0 Å². The molecule has 1 fully saturated rings. The molecule has 4 nitrogen and oxygen atoms in total. The molecule has 4 rings (SSSR count). The van der Waals surface area contributed by atoms with Gasteiger partial charge in [0.25, 0.3) is 0 Å². The van der Waals surface area contributed by atoms with E-state index in [2.05, 4.69) is 30.0 Å². The van der Waals surface area contributed by atoms with Gasteiger partial charge in [-0.2, -0.15) is 0 Å². The van der Waals surface area contributed by atoms with Crippen molar-refractivity contribution in [2.24, 2.45) is 0 Å². The number of hydrogen-bond acceptors (Lipinski definition) is 5. The molecule has 0 radical (unpaired) electrons. The lowest BCUT2D eigenvalue weighted by molar-refractivity contribution is -0.130. The smallest absolute Gasteiger partial charge is 0.227 e. The van der Waals surface area contributed by atoms with E-state index < -0.39 is 0 Å². The number of nitrogens with zero attached hydrogens (tertiary/aromatic N) is 3. The molecule has 7 heteroatoms. The zero-order chi connectivity index (χ0) is 17.4. The average molecular weight is 392 g/mol. The van der Waals surface area contributed by atoms with Gasteiger partial charge >= 0.3 is 0 Å². The zero-order valence-corrected chi connectivity index (χ0v) is 16.3. The number of halogens is 1. The van der Waals surface area contributed by atoms with Crippen LogP contribution in [0.15, 0.2) is 30.3 Å². The molecule has 3 heterocycles. The van der Waals surface area contributed by atoms with Gasteiger partial charge in [-0.25, -0.2) is 4.98 Å². The number of amides is 1. The maximum atomic E-state index is 12.5. The Kier molecular flexibility index (Phi) is 4.67. The number of thiophene rings is 1. The van der Waals surface area contributed by atoms with Crippen LogP contribution in [-0.4, -0.2) is 42.0 Å². The number of carbonyl (C=O) groups is 1. The second-order valence-corrected chi connectivity index (χ2v) is 9.03. The SMILES string of the molecule is Cc1ccc2nc(N3CCN(C(=O)Cc4ccc(Cl)s4)CC3)sc2c1. The fourth-order valence-electron chi connectivity index (χ4n) is 3.01. The number of aromatic nitrogens is 1. The van der Waals surface area contributed by atoms with Gasteiger partial charge < -0.3 is 9.80 Å². The quantitative estimate of drug-likeness (QED) is 0.671. The third kappa shape index (κ3) is 3.66. The van der Waals surface area contributed by atoms with E-state index >= 15 is 0 Å². The van der Waals surface area contributed by atoms with Crippen molar-refractivity contribution in [1.29, 1.82) is 0 Å². The number of thiazole rings is 1. The van der Waals surface area contributed by atoms with Crippen molar-refractivity contribution in [1.82, 2.24) is 9.88 Å². The number of hydrogen-bond donors (Lipinski definition) is 0. The Morgan fingerprint density at radius 2 is 1.96 bits per heavy atom. The number of piperazine rings is 1. The summed E-state index contributed by atoms with van der Waals surface area (Å²) in [5, 5.41) is 1.05. The molecule has 0 bridgehead atoms. The molecule has 1 aliphatic rings. The number of aryl methyl sites for hydroxylation is 1. The van der Waals surface area contributed by atoms with E-state index in [0.29, 0.717) is 6.42 Å². The lowest BCUT2D eigenvalue weighted by atomic mass is 10.2. The summed E-state index contributed by atoms with van der Waals surface area (Å²) in [6, 6.07) is 10.1. The van der Waals surface area contributed by atoms with Crippen LogP contribution in [0.25, 0.3) is 10.2 Å². The molecule has 0 spiro atoms. The van der Waals surface area contributed by atoms with Gasteiger partial charge in [-0.05, 0) is 36.8 Å². The second-order valence-electron chi connectivity index (χ2n) is 6.22. The standard InChI is InChI=1S/C18H18ClN3OS2/c1-12-2-4-14-15(10-12)25-18(20-14)22-8-6-21(7-9-22)17(23)11-13-3-5-16(19)24-13/h2-5,10H,6-9,11H2,1H3. The summed E-state index contributed by atoms with van der Waals surface area (Å²) in [4.78, 5) is 22.5. The molecule has 0 aliphatic carbocycles. The molecule has 130 valence electrons. The van der Waals surface area contributed by atoms with E-state index in [4.69, 9.17) is 16.6 Å². The molecule has 1 amide bonds. The predicted octanol–water partition coefficient (Wildman–Crippen LogP) is 4.21. The molecule has 1 aliphatic heterocycles. The molecule has 0 atom stereocenters. The normalized spacial score (nSPS) is 15.1. The lowest BCUT2D eigenvalue weighted by Gasteiger charge is -2.34. The highest BCUT2D eigenvalue weighted by atomic mass is 35.5. The fourth-order valence-corrected chi connectivity index (χ4v) is 5.20. The second kappa shape index (κ2) is 6.94. The Morgan fingerprint density at radius 1 is 1.16 bits per heavy atom. The molecule has 0 N–H and O–H groups in total. The van der Waals surface area contributed by atoms with Crippen molar-refractivity contribution >= 4 is 55.5 Å². The van der Waals surface area contributed by atoms with E-state index in [1.807, 2.05) is 17.0 Å². The maximum absolute atomic E-state index is 12.5. The first-order valence-corrected chi connectivity index (χ1v) is 10.2. The van der Waals surface area contributed by atoms with Gasteiger partial charge in [-0.1, -0.05) is 29.0 Å². The Hall–Kier alpha value is -1.63. The molecule has 2 aromatic heterocycles. The molecule has 25 heavy (non-hydrogen) atoms. The first-order chi connectivity index (χ1) is 12.1. The summed E-state index contributed by atoms with van der Waals surface area (Å²) in [7, 11) is 0. The molecular formula is C18H18ClN3OS2. The Bertz CT molecular complexity index is 912. The highest BCUT2D eigenvalue weighted by molar-refractivity contribution is 7.22. The minimum atomic E-state index is 0.179. The third-order valence-corrected chi connectivity index (χ3v) is 6.70. The van der Waals surface area contributed by atoms with Crippen molar-refractivity contribution < 1.29 is 4.79 Å². The van der Waals surface area contributed by atoms with Crippen LogP contribution in [0.1, 0.15) is 10.4 Å². The van der Waals surface area contributed by atoms with E-state index in [-0.39, 0.29) is 5.91 Å². The molecule has 1 saturated heterocycles. The van der Waals surface area contributed by atoms with Crippen LogP contribution in [0.3, 0.4) is 0 Å². The maximum Gasteiger partial charge on any atom is 0.227 e. The van der Waals surface area contributed by atoms with E-state index in [9.17, 15) is 4.79 Å². The van der Waals surface area contributed by atoms with Gasteiger partial charge in [0.15, 0.2) is 5.13 Å². The van der Waals surface area contributed by atoms with Crippen molar-refractivity contribution in [2.75, 3.05) is 31.1 Å². The van der Waals surface area contributed by atoms with E-state index in [1.54, 1.807) is 11.3 Å².